The van der Waals surface area contributed by atoms with E-state index in [2.05, 4.69) is 20.3 Å². The number of benzene rings is 1. The van der Waals surface area contributed by atoms with Gasteiger partial charge in [-0.05, 0) is 45.2 Å². The number of carbonyl (C=O) groups is 1. The molecule has 4 heterocycles. The van der Waals surface area contributed by atoms with Crippen molar-refractivity contribution >= 4 is 33.0 Å². The largest absolute Gasteiger partial charge is 0.444 e. The molecule has 1 N–H and O–H groups in total. The van der Waals surface area contributed by atoms with Gasteiger partial charge in [-0.2, -0.15) is 0 Å². The van der Waals surface area contributed by atoms with E-state index in [-0.39, 0.29) is 46.6 Å². The van der Waals surface area contributed by atoms with E-state index in [0.29, 0.717) is 24.9 Å². The zero-order chi connectivity index (χ0) is 29.4. The fraction of sp³-hybridized carbons (Fsp3) is 0.357. The number of amides is 1. The third-order valence-corrected chi connectivity index (χ3v) is 8.04. The van der Waals surface area contributed by atoms with E-state index >= 15 is 0 Å². The van der Waals surface area contributed by atoms with Gasteiger partial charge >= 0.3 is 6.09 Å². The second-order valence-corrected chi connectivity index (χ2v) is 12.8. The molecule has 1 amide bonds. The number of nitrogens with one attached hydrogen (secondary N) is 1. The molecule has 0 bridgehead atoms. The molecule has 3 aromatic heterocycles. The first kappa shape index (κ1) is 28.4. The average Bonchev–Trinajstić information content (AvgIpc) is 3.29. The number of aromatic nitrogens is 4. The van der Waals surface area contributed by atoms with Crippen molar-refractivity contribution in [3.05, 3.63) is 72.2 Å². The molecule has 41 heavy (non-hydrogen) atoms. The van der Waals surface area contributed by atoms with Gasteiger partial charge in [0.05, 0.1) is 18.1 Å². The number of rotatable bonds is 6. The van der Waals surface area contributed by atoms with E-state index in [0.717, 1.165) is 22.4 Å². The van der Waals surface area contributed by atoms with E-state index in [1.165, 1.54) is 6.20 Å². The Balaban J connectivity index is 1.46. The second-order valence-electron chi connectivity index (χ2n) is 10.9. The van der Waals surface area contributed by atoms with Crippen LogP contribution in [0.1, 0.15) is 39.2 Å². The summed E-state index contributed by atoms with van der Waals surface area (Å²) in [6, 6.07) is 9.45. The number of nitrogens with zero attached hydrogens (tertiary/aromatic N) is 5. The molecular weight excluding hydrogens is 554 g/mol. The van der Waals surface area contributed by atoms with Gasteiger partial charge in [0.25, 0.3) is 0 Å². The van der Waals surface area contributed by atoms with Crippen molar-refractivity contribution in [1.29, 1.82) is 0 Å². The highest BCUT2D eigenvalue weighted by molar-refractivity contribution is 7.89. The molecule has 1 fully saturated rings. The number of hydrogen-bond donors (Lipinski definition) is 1. The lowest BCUT2D eigenvalue weighted by Gasteiger charge is -2.34. The van der Waals surface area contributed by atoms with Gasteiger partial charge in [0, 0.05) is 36.3 Å². The number of carbonyl (C=O) groups excluding carboxylic acids is 1. The number of hydrogen-bond acceptors (Lipinski definition) is 8. The molecule has 5 rings (SSSR count). The van der Waals surface area contributed by atoms with Crippen molar-refractivity contribution in [1.82, 2.24) is 23.8 Å². The molecule has 1 aromatic carbocycles. The SMILES string of the molecule is CC(C)(C)OC(=O)N1CCC[C@@H](Nc2nc(-c3cn(S(=O)(=O)Cc4ccccc4)c4ncc(F)cc34)ncc2F)C1. The first-order chi connectivity index (χ1) is 19.4. The van der Waals surface area contributed by atoms with Crippen LogP contribution in [0.3, 0.4) is 0 Å². The monoisotopic (exact) mass is 584 g/mol. The van der Waals surface area contributed by atoms with Crippen LogP contribution in [-0.2, 0) is 20.5 Å². The van der Waals surface area contributed by atoms with Crippen LogP contribution < -0.4 is 5.32 Å². The fourth-order valence-electron chi connectivity index (χ4n) is 4.68. The summed E-state index contributed by atoms with van der Waals surface area (Å²) in [6.45, 7) is 6.15. The summed E-state index contributed by atoms with van der Waals surface area (Å²) in [6.07, 6.45) is 4.05. The van der Waals surface area contributed by atoms with Crippen LogP contribution in [-0.4, -0.2) is 63.1 Å². The topological polar surface area (TPSA) is 119 Å². The predicted molar refractivity (Wildman–Crippen MR) is 150 cm³/mol. The van der Waals surface area contributed by atoms with Gasteiger partial charge in [0.1, 0.15) is 11.4 Å². The zero-order valence-corrected chi connectivity index (χ0v) is 23.7. The highest BCUT2D eigenvalue weighted by atomic mass is 32.2. The number of pyridine rings is 1. The van der Waals surface area contributed by atoms with E-state index < -0.39 is 33.4 Å². The maximum absolute atomic E-state index is 14.9. The Kier molecular flexibility index (Phi) is 7.64. The summed E-state index contributed by atoms with van der Waals surface area (Å²) in [5.74, 6) is -1.86. The van der Waals surface area contributed by atoms with Crippen molar-refractivity contribution in [2.75, 3.05) is 18.4 Å². The maximum Gasteiger partial charge on any atom is 0.410 e. The fourth-order valence-corrected chi connectivity index (χ4v) is 6.10. The lowest BCUT2D eigenvalue weighted by molar-refractivity contribution is 0.0206. The minimum Gasteiger partial charge on any atom is -0.444 e. The van der Waals surface area contributed by atoms with Gasteiger partial charge in [-0.3, -0.25) is 0 Å². The van der Waals surface area contributed by atoms with Crippen LogP contribution in [0.2, 0.25) is 0 Å². The van der Waals surface area contributed by atoms with Gasteiger partial charge in [-0.1, -0.05) is 30.3 Å². The van der Waals surface area contributed by atoms with E-state index in [4.69, 9.17) is 4.74 Å². The molecule has 13 heteroatoms. The predicted octanol–water partition coefficient (Wildman–Crippen LogP) is 4.96. The summed E-state index contributed by atoms with van der Waals surface area (Å²) in [5, 5.41) is 3.21. The lowest BCUT2D eigenvalue weighted by atomic mass is 10.1. The third-order valence-electron chi connectivity index (χ3n) is 6.47. The zero-order valence-electron chi connectivity index (χ0n) is 22.8. The highest BCUT2D eigenvalue weighted by Gasteiger charge is 2.29. The molecular formula is C28H30F2N6O4S. The average molecular weight is 585 g/mol. The van der Waals surface area contributed by atoms with E-state index in [1.807, 2.05) is 0 Å². The number of likely N-dealkylation sites (tertiary alicyclic amines) is 1. The molecule has 216 valence electrons. The Morgan fingerprint density at radius 2 is 1.90 bits per heavy atom. The molecule has 10 nitrogen and oxygen atoms in total. The number of anilines is 1. The van der Waals surface area contributed by atoms with Crippen LogP contribution in [0.25, 0.3) is 22.4 Å². The molecule has 1 aliphatic heterocycles. The lowest BCUT2D eigenvalue weighted by Crippen LogP contribution is -2.47. The summed E-state index contributed by atoms with van der Waals surface area (Å²) in [4.78, 5) is 26.6. The van der Waals surface area contributed by atoms with E-state index in [1.54, 1.807) is 56.0 Å². The summed E-state index contributed by atoms with van der Waals surface area (Å²) in [5.41, 5.74) is 0.0916. The standard InChI is InChI=1S/C28H30F2N6O4S/c1-28(2,3)40-27(37)35-11-7-10-20(15-35)33-25-23(30)14-31-24(34-25)22-16-36(26-21(22)12-19(29)13-32-26)41(38,39)17-18-8-5-4-6-9-18/h4-6,8-9,12-14,16,20H,7,10-11,15,17H2,1-3H3,(H,31,33,34)/t20-/m1/s1. The molecule has 4 aromatic rings. The van der Waals surface area contributed by atoms with Crippen molar-refractivity contribution in [3.63, 3.8) is 0 Å². The minimum atomic E-state index is -3.97. The summed E-state index contributed by atoms with van der Waals surface area (Å²) < 4.78 is 62.3. The maximum atomic E-state index is 14.9. The van der Waals surface area contributed by atoms with E-state index in [9.17, 15) is 22.0 Å². The van der Waals surface area contributed by atoms with Gasteiger partial charge in [-0.25, -0.2) is 40.9 Å². The number of fused-ring (bicyclic) bond motifs is 1. The van der Waals surface area contributed by atoms with Crippen molar-refractivity contribution < 1.29 is 26.7 Å². The van der Waals surface area contributed by atoms with Crippen molar-refractivity contribution in [2.24, 2.45) is 0 Å². The number of halogens is 2. The highest BCUT2D eigenvalue weighted by Crippen LogP contribution is 2.31. The Morgan fingerprint density at radius 1 is 1.15 bits per heavy atom. The van der Waals surface area contributed by atoms with Gasteiger partial charge in [0.2, 0.25) is 10.0 Å². The first-order valence-corrected chi connectivity index (χ1v) is 14.7. The van der Waals surface area contributed by atoms with Crippen LogP contribution in [0.5, 0.6) is 0 Å². The van der Waals surface area contributed by atoms with Crippen LogP contribution in [0.4, 0.5) is 19.4 Å². The molecule has 0 radical (unpaired) electrons. The first-order valence-electron chi connectivity index (χ1n) is 13.1. The minimum absolute atomic E-state index is 0.0000448. The van der Waals surface area contributed by atoms with Crippen LogP contribution in [0, 0.1) is 11.6 Å². The third kappa shape index (κ3) is 6.45. The molecule has 0 aliphatic carbocycles. The van der Waals surface area contributed by atoms with Crippen LogP contribution in [0.15, 0.2) is 55.0 Å². The number of piperidine rings is 1. The van der Waals surface area contributed by atoms with Gasteiger partial charge < -0.3 is 15.0 Å². The molecule has 0 unspecified atom stereocenters. The van der Waals surface area contributed by atoms with Gasteiger partial charge in [-0.15, -0.1) is 0 Å². The molecule has 1 atom stereocenters. The van der Waals surface area contributed by atoms with Crippen LogP contribution >= 0.6 is 0 Å². The quantitative estimate of drug-likeness (QED) is 0.338. The smallest absolute Gasteiger partial charge is 0.410 e. The Hall–Kier alpha value is -4.13. The molecule has 0 saturated carbocycles. The van der Waals surface area contributed by atoms with Crippen molar-refractivity contribution in [3.8, 4) is 11.4 Å². The molecule has 1 aliphatic rings. The molecule has 1 saturated heterocycles. The van der Waals surface area contributed by atoms with Crippen molar-refractivity contribution in [2.45, 2.75) is 51.0 Å². The molecule has 0 spiro atoms. The Labute approximate surface area is 236 Å². The summed E-state index contributed by atoms with van der Waals surface area (Å²) >= 11 is 0. The Bertz CT molecular complexity index is 1690. The Morgan fingerprint density at radius 3 is 2.63 bits per heavy atom. The van der Waals surface area contributed by atoms with Gasteiger partial charge in [0.15, 0.2) is 23.1 Å². The summed E-state index contributed by atoms with van der Waals surface area (Å²) in [7, 11) is -3.97. The second kappa shape index (κ2) is 11.0. The number of ether oxygens (including phenoxy) is 1. The normalized spacial score (nSPS) is 16.1.